The lowest BCUT2D eigenvalue weighted by molar-refractivity contribution is -0.121. The van der Waals surface area contributed by atoms with Gasteiger partial charge in [-0.05, 0) is 42.7 Å². The summed E-state index contributed by atoms with van der Waals surface area (Å²) in [5, 5.41) is 3.67. The minimum atomic E-state index is -0.126. The van der Waals surface area contributed by atoms with Gasteiger partial charge in [0.2, 0.25) is 5.91 Å². The third-order valence-corrected chi connectivity index (χ3v) is 5.81. The van der Waals surface area contributed by atoms with Gasteiger partial charge >= 0.3 is 0 Å². The number of fused-ring (bicyclic) bond motifs is 1. The molecule has 1 N–H and O–H groups in total. The number of benzene rings is 1. The molecule has 0 spiro atoms. The Morgan fingerprint density at radius 3 is 2.43 bits per heavy atom. The zero-order valence-corrected chi connectivity index (χ0v) is 19.2. The highest BCUT2D eigenvalue weighted by Gasteiger charge is 2.18. The first kappa shape index (κ1) is 22.2. The highest BCUT2D eigenvalue weighted by atomic mass is 32.2. The summed E-state index contributed by atoms with van der Waals surface area (Å²) in [5.74, 6) is 0.193. The van der Waals surface area contributed by atoms with Gasteiger partial charge in [0.1, 0.15) is 12.1 Å². The van der Waals surface area contributed by atoms with Crippen molar-refractivity contribution in [2.75, 3.05) is 6.26 Å². The maximum atomic E-state index is 13.3. The van der Waals surface area contributed by atoms with E-state index in [-0.39, 0.29) is 18.0 Å². The predicted octanol–water partition coefficient (Wildman–Crippen LogP) is 3.76. The Morgan fingerprint density at radius 2 is 1.83 bits per heavy atom. The van der Waals surface area contributed by atoms with Crippen LogP contribution in [0.15, 0.2) is 40.3 Å². The van der Waals surface area contributed by atoms with Crippen molar-refractivity contribution in [3.05, 3.63) is 57.5 Å². The van der Waals surface area contributed by atoms with Crippen LogP contribution in [0, 0.1) is 12.8 Å². The molecule has 0 aliphatic carbocycles. The van der Waals surface area contributed by atoms with Gasteiger partial charge in [-0.3, -0.25) is 14.2 Å². The molecule has 7 heteroatoms. The molecule has 0 radical (unpaired) electrons. The number of thioether (sulfide) groups is 1. The molecular formula is C23H30N4O2S. The van der Waals surface area contributed by atoms with E-state index >= 15 is 0 Å². The molecule has 0 saturated heterocycles. The van der Waals surface area contributed by atoms with E-state index < -0.39 is 0 Å². The summed E-state index contributed by atoms with van der Waals surface area (Å²) >= 11 is 1.47. The smallest absolute Gasteiger partial charge is 0.278 e. The predicted molar refractivity (Wildman–Crippen MR) is 123 cm³/mol. The minimum absolute atomic E-state index is 0.0888. The van der Waals surface area contributed by atoms with Crippen LogP contribution in [0.5, 0.6) is 0 Å². The highest BCUT2D eigenvalue weighted by molar-refractivity contribution is 7.98. The Labute approximate surface area is 181 Å². The molecular weight excluding hydrogens is 396 g/mol. The summed E-state index contributed by atoms with van der Waals surface area (Å²) in [6.07, 6.45) is 2.92. The van der Waals surface area contributed by atoms with Crippen molar-refractivity contribution in [2.45, 2.75) is 58.9 Å². The molecule has 30 heavy (non-hydrogen) atoms. The average molecular weight is 427 g/mol. The molecule has 2 heterocycles. The molecule has 1 amide bonds. The Balaban J connectivity index is 1.85. The highest BCUT2D eigenvalue weighted by Crippen LogP contribution is 2.20. The third kappa shape index (κ3) is 4.78. The summed E-state index contributed by atoms with van der Waals surface area (Å²) in [6.45, 7) is 9.34. The zero-order chi connectivity index (χ0) is 21.8. The van der Waals surface area contributed by atoms with E-state index in [1.54, 1.807) is 9.13 Å². The van der Waals surface area contributed by atoms with Crippen molar-refractivity contribution in [1.82, 2.24) is 19.4 Å². The fourth-order valence-electron chi connectivity index (χ4n) is 3.53. The van der Waals surface area contributed by atoms with Crippen LogP contribution in [0.3, 0.4) is 0 Å². The van der Waals surface area contributed by atoms with Crippen LogP contribution in [0.25, 0.3) is 11.0 Å². The maximum absolute atomic E-state index is 13.3. The SMILES string of the molecule is CCc1ccc(CNC(=O)Cn2c(C)cc3nc(SC)n(CC(C)C)c(=O)c32)cc1. The number of aromatic nitrogens is 3. The van der Waals surface area contributed by atoms with Gasteiger partial charge in [0.05, 0.1) is 5.52 Å². The lowest BCUT2D eigenvalue weighted by Crippen LogP contribution is -2.30. The van der Waals surface area contributed by atoms with Crippen molar-refractivity contribution in [1.29, 1.82) is 0 Å². The Morgan fingerprint density at radius 1 is 1.17 bits per heavy atom. The van der Waals surface area contributed by atoms with E-state index in [2.05, 4.69) is 43.2 Å². The van der Waals surface area contributed by atoms with Gasteiger partial charge in [0, 0.05) is 18.8 Å². The Hall–Kier alpha value is -2.54. The number of hydrogen-bond donors (Lipinski definition) is 1. The summed E-state index contributed by atoms with van der Waals surface area (Å²) in [5.41, 5.74) is 4.23. The molecule has 0 atom stereocenters. The van der Waals surface area contributed by atoms with Gasteiger partial charge in [-0.25, -0.2) is 4.98 Å². The second-order valence-corrected chi connectivity index (χ2v) is 8.73. The topological polar surface area (TPSA) is 68.9 Å². The van der Waals surface area contributed by atoms with E-state index in [1.165, 1.54) is 17.3 Å². The van der Waals surface area contributed by atoms with Gasteiger partial charge in [0.25, 0.3) is 5.56 Å². The summed E-state index contributed by atoms with van der Waals surface area (Å²) in [6, 6.07) is 10.1. The quantitative estimate of drug-likeness (QED) is 0.440. The van der Waals surface area contributed by atoms with Crippen LogP contribution >= 0.6 is 11.8 Å². The number of nitrogens with one attached hydrogen (secondary N) is 1. The van der Waals surface area contributed by atoms with Crippen LogP contribution in [-0.4, -0.2) is 26.3 Å². The average Bonchev–Trinajstić information content (AvgIpc) is 3.03. The number of nitrogens with zero attached hydrogens (tertiary/aromatic N) is 3. The molecule has 0 unspecified atom stereocenters. The standard InChI is InChI=1S/C23H30N4O2S/c1-6-17-7-9-18(10-8-17)12-24-20(28)14-26-16(4)11-19-21(26)22(29)27(13-15(2)3)23(25-19)30-5/h7-11,15H,6,12-14H2,1-5H3,(H,24,28). The van der Waals surface area contributed by atoms with Crippen LogP contribution in [0.4, 0.5) is 0 Å². The molecule has 2 aromatic heterocycles. The zero-order valence-electron chi connectivity index (χ0n) is 18.4. The van der Waals surface area contributed by atoms with Gasteiger partial charge < -0.3 is 9.88 Å². The molecule has 0 fully saturated rings. The monoisotopic (exact) mass is 426 g/mol. The third-order valence-electron chi connectivity index (χ3n) is 5.13. The molecule has 0 saturated carbocycles. The number of aryl methyl sites for hydroxylation is 2. The van der Waals surface area contributed by atoms with E-state index in [1.807, 2.05) is 31.4 Å². The second-order valence-electron chi connectivity index (χ2n) is 7.96. The molecule has 6 nitrogen and oxygen atoms in total. The second kappa shape index (κ2) is 9.51. The molecule has 3 rings (SSSR count). The molecule has 1 aromatic carbocycles. The number of amides is 1. The first-order valence-corrected chi connectivity index (χ1v) is 11.6. The van der Waals surface area contributed by atoms with Crippen LogP contribution in [0.1, 0.15) is 37.6 Å². The lowest BCUT2D eigenvalue weighted by atomic mass is 10.1. The first-order valence-electron chi connectivity index (χ1n) is 10.3. The van der Waals surface area contributed by atoms with Crippen LogP contribution < -0.4 is 10.9 Å². The molecule has 0 aliphatic rings. The van der Waals surface area contributed by atoms with Gasteiger partial charge in [-0.15, -0.1) is 0 Å². The van der Waals surface area contributed by atoms with Crippen LogP contribution in [-0.2, 0) is 30.8 Å². The fourth-order valence-corrected chi connectivity index (χ4v) is 4.09. The number of carbonyl (C=O) groups excluding carboxylic acids is 1. The fraction of sp³-hybridized carbons (Fsp3) is 0.435. The summed E-state index contributed by atoms with van der Waals surface area (Å²) in [7, 11) is 0. The minimum Gasteiger partial charge on any atom is -0.350 e. The van der Waals surface area contributed by atoms with Gasteiger partial charge in [-0.2, -0.15) is 0 Å². The van der Waals surface area contributed by atoms with E-state index in [0.717, 1.165) is 17.7 Å². The maximum Gasteiger partial charge on any atom is 0.278 e. The first-order chi connectivity index (χ1) is 14.3. The summed E-state index contributed by atoms with van der Waals surface area (Å²) < 4.78 is 3.50. The van der Waals surface area contributed by atoms with Gasteiger partial charge in [0.15, 0.2) is 5.16 Å². The normalized spacial score (nSPS) is 11.4. The van der Waals surface area contributed by atoms with E-state index in [0.29, 0.717) is 35.2 Å². The summed E-state index contributed by atoms with van der Waals surface area (Å²) in [4.78, 5) is 30.6. The number of carbonyl (C=O) groups is 1. The van der Waals surface area contributed by atoms with E-state index in [9.17, 15) is 9.59 Å². The Kier molecular flexibility index (Phi) is 7.02. The van der Waals surface area contributed by atoms with Crippen molar-refractivity contribution in [3.63, 3.8) is 0 Å². The van der Waals surface area contributed by atoms with E-state index in [4.69, 9.17) is 0 Å². The van der Waals surface area contributed by atoms with Crippen LogP contribution in [0.2, 0.25) is 0 Å². The van der Waals surface area contributed by atoms with Gasteiger partial charge in [-0.1, -0.05) is 56.8 Å². The molecule has 160 valence electrons. The van der Waals surface area contributed by atoms with Crippen molar-refractivity contribution >= 4 is 28.7 Å². The Bertz CT molecular complexity index is 1100. The molecule has 0 aliphatic heterocycles. The van der Waals surface area contributed by atoms with Crippen molar-refractivity contribution in [2.24, 2.45) is 5.92 Å². The lowest BCUT2D eigenvalue weighted by Gasteiger charge is -2.14. The molecule has 0 bridgehead atoms. The van der Waals surface area contributed by atoms with Crippen molar-refractivity contribution in [3.8, 4) is 0 Å². The molecule has 3 aromatic rings. The number of hydrogen-bond acceptors (Lipinski definition) is 4. The number of rotatable bonds is 8. The van der Waals surface area contributed by atoms with Crippen molar-refractivity contribution < 1.29 is 4.79 Å². The largest absolute Gasteiger partial charge is 0.350 e.